The highest BCUT2D eigenvalue weighted by Gasteiger charge is 2.08. The molecule has 0 saturated carbocycles. The zero-order valence-electron chi connectivity index (χ0n) is 13.6. The summed E-state index contributed by atoms with van der Waals surface area (Å²) < 4.78 is 9.83. The molecule has 5 nitrogen and oxygen atoms in total. The second-order valence-corrected chi connectivity index (χ2v) is 6.04. The maximum atomic E-state index is 12.1. The van der Waals surface area contributed by atoms with Crippen LogP contribution in [0, 0.1) is 6.92 Å². The van der Waals surface area contributed by atoms with Gasteiger partial charge in [-0.3, -0.25) is 4.79 Å². The van der Waals surface area contributed by atoms with Crippen LogP contribution in [0.4, 0.5) is 5.69 Å². The van der Waals surface area contributed by atoms with E-state index in [0.717, 1.165) is 16.1 Å². The lowest BCUT2D eigenvalue weighted by molar-refractivity contribution is -0.142. The number of rotatable bonds is 7. The summed E-state index contributed by atoms with van der Waals surface area (Å²) in [5, 5.41) is 2.88. The van der Waals surface area contributed by atoms with E-state index in [0.29, 0.717) is 11.5 Å². The Morgan fingerprint density at radius 2 is 1.88 bits per heavy atom. The Balaban J connectivity index is 1.87. The SMILES string of the molecule is COC(=O)COc1ccc(NC(=O)CSc2ccccc2)c(C)c1. The van der Waals surface area contributed by atoms with Crippen LogP contribution in [0.25, 0.3) is 0 Å². The van der Waals surface area contributed by atoms with Crippen molar-refractivity contribution in [3.63, 3.8) is 0 Å². The number of nitrogens with one attached hydrogen (secondary N) is 1. The van der Waals surface area contributed by atoms with E-state index in [4.69, 9.17) is 4.74 Å². The second kappa shape index (κ2) is 8.98. The first-order chi connectivity index (χ1) is 11.6. The number of hydrogen-bond donors (Lipinski definition) is 1. The summed E-state index contributed by atoms with van der Waals surface area (Å²) in [4.78, 5) is 24.2. The Morgan fingerprint density at radius 3 is 2.54 bits per heavy atom. The Bertz CT molecular complexity index is 703. The zero-order chi connectivity index (χ0) is 17.4. The number of carbonyl (C=O) groups excluding carboxylic acids is 2. The van der Waals surface area contributed by atoms with Gasteiger partial charge in [-0.2, -0.15) is 0 Å². The van der Waals surface area contributed by atoms with Crippen molar-refractivity contribution in [3.8, 4) is 5.75 Å². The molecule has 6 heteroatoms. The number of ether oxygens (including phenoxy) is 2. The fourth-order valence-corrected chi connectivity index (χ4v) is 2.64. The summed E-state index contributed by atoms with van der Waals surface area (Å²) in [6.45, 7) is 1.72. The third-order valence-corrected chi connectivity index (χ3v) is 4.18. The molecule has 2 rings (SSSR count). The number of carbonyl (C=O) groups is 2. The van der Waals surface area contributed by atoms with Crippen LogP contribution in [0.3, 0.4) is 0 Å². The van der Waals surface area contributed by atoms with Crippen molar-refractivity contribution in [1.82, 2.24) is 0 Å². The molecule has 1 N–H and O–H groups in total. The summed E-state index contributed by atoms with van der Waals surface area (Å²) in [5.74, 6) is 0.372. The van der Waals surface area contributed by atoms with E-state index in [2.05, 4.69) is 10.1 Å². The van der Waals surface area contributed by atoms with Crippen LogP contribution >= 0.6 is 11.8 Å². The highest BCUT2D eigenvalue weighted by Crippen LogP contribution is 2.22. The predicted octanol–water partition coefficient (Wildman–Crippen LogP) is 3.28. The molecule has 126 valence electrons. The highest BCUT2D eigenvalue weighted by atomic mass is 32.2. The number of methoxy groups -OCH3 is 1. The minimum Gasteiger partial charge on any atom is -0.482 e. The van der Waals surface area contributed by atoms with Gasteiger partial charge in [-0.05, 0) is 42.8 Å². The summed E-state index contributed by atoms with van der Waals surface area (Å²) in [7, 11) is 1.31. The van der Waals surface area contributed by atoms with Gasteiger partial charge in [0, 0.05) is 10.6 Å². The van der Waals surface area contributed by atoms with Gasteiger partial charge in [-0.1, -0.05) is 18.2 Å². The van der Waals surface area contributed by atoms with Gasteiger partial charge < -0.3 is 14.8 Å². The molecule has 0 radical (unpaired) electrons. The van der Waals surface area contributed by atoms with Crippen LogP contribution < -0.4 is 10.1 Å². The van der Waals surface area contributed by atoms with Crippen LogP contribution in [0.5, 0.6) is 5.75 Å². The molecule has 0 aromatic heterocycles. The molecule has 2 aromatic rings. The van der Waals surface area contributed by atoms with Crippen molar-refractivity contribution in [2.75, 3.05) is 24.8 Å². The van der Waals surface area contributed by atoms with Crippen molar-refractivity contribution >= 4 is 29.3 Å². The first-order valence-electron chi connectivity index (χ1n) is 7.36. The van der Waals surface area contributed by atoms with Crippen molar-refractivity contribution < 1.29 is 19.1 Å². The fraction of sp³-hybridized carbons (Fsp3) is 0.222. The largest absolute Gasteiger partial charge is 0.482 e. The van der Waals surface area contributed by atoms with Gasteiger partial charge in [0.1, 0.15) is 5.75 Å². The van der Waals surface area contributed by atoms with Crippen LogP contribution in [0.1, 0.15) is 5.56 Å². The minimum absolute atomic E-state index is 0.0739. The van der Waals surface area contributed by atoms with Crippen molar-refractivity contribution in [3.05, 3.63) is 54.1 Å². The van der Waals surface area contributed by atoms with E-state index in [9.17, 15) is 9.59 Å². The molecule has 0 spiro atoms. The molecule has 2 aromatic carbocycles. The Labute approximate surface area is 145 Å². The Kier molecular flexibility index (Phi) is 6.69. The molecule has 0 aliphatic heterocycles. The van der Waals surface area contributed by atoms with Crippen LogP contribution in [0.2, 0.25) is 0 Å². The first-order valence-corrected chi connectivity index (χ1v) is 8.35. The van der Waals surface area contributed by atoms with Gasteiger partial charge in [-0.25, -0.2) is 4.79 Å². The average molecular weight is 345 g/mol. The van der Waals surface area contributed by atoms with Crippen molar-refractivity contribution in [2.24, 2.45) is 0 Å². The Hall–Kier alpha value is -2.47. The number of anilines is 1. The van der Waals surface area contributed by atoms with E-state index in [-0.39, 0.29) is 12.5 Å². The summed E-state index contributed by atoms with van der Waals surface area (Å²) in [5.41, 5.74) is 1.58. The maximum Gasteiger partial charge on any atom is 0.343 e. The monoisotopic (exact) mass is 345 g/mol. The predicted molar refractivity (Wildman–Crippen MR) is 94.5 cm³/mol. The average Bonchev–Trinajstić information content (AvgIpc) is 2.61. The zero-order valence-corrected chi connectivity index (χ0v) is 14.4. The Morgan fingerprint density at radius 1 is 1.12 bits per heavy atom. The number of aryl methyl sites for hydroxylation is 1. The number of thioether (sulfide) groups is 1. The highest BCUT2D eigenvalue weighted by molar-refractivity contribution is 8.00. The molecule has 0 bridgehead atoms. The third-order valence-electron chi connectivity index (χ3n) is 3.17. The van der Waals surface area contributed by atoms with Gasteiger partial charge in [0.15, 0.2) is 6.61 Å². The number of hydrogen-bond acceptors (Lipinski definition) is 5. The number of esters is 1. The lowest BCUT2D eigenvalue weighted by atomic mass is 10.2. The topological polar surface area (TPSA) is 64.6 Å². The molecule has 0 unspecified atom stereocenters. The van der Waals surface area contributed by atoms with E-state index in [1.54, 1.807) is 18.2 Å². The molecule has 0 aliphatic carbocycles. The molecule has 0 saturated heterocycles. The molecular weight excluding hydrogens is 326 g/mol. The van der Waals surface area contributed by atoms with Gasteiger partial charge in [0.2, 0.25) is 5.91 Å². The fourth-order valence-electron chi connectivity index (χ4n) is 1.92. The molecule has 0 fully saturated rings. The van der Waals surface area contributed by atoms with Gasteiger partial charge in [0.25, 0.3) is 0 Å². The van der Waals surface area contributed by atoms with E-state index in [1.165, 1.54) is 18.9 Å². The summed E-state index contributed by atoms with van der Waals surface area (Å²) in [6.07, 6.45) is 0. The van der Waals surface area contributed by atoms with Crippen LogP contribution in [0.15, 0.2) is 53.4 Å². The van der Waals surface area contributed by atoms with E-state index in [1.807, 2.05) is 37.3 Å². The molecule has 24 heavy (non-hydrogen) atoms. The lowest BCUT2D eigenvalue weighted by Gasteiger charge is -2.11. The molecule has 0 atom stereocenters. The molecule has 1 amide bonds. The summed E-state index contributed by atoms with van der Waals surface area (Å²) in [6, 6.07) is 15.0. The molecule has 0 heterocycles. The van der Waals surface area contributed by atoms with Crippen molar-refractivity contribution in [2.45, 2.75) is 11.8 Å². The van der Waals surface area contributed by atoms with Gasteiger partial charge in [0.05, 0.1) is 12.9 Å². The smallest absolute Gasteiger partial charge is 0.343 e. The van der Waals surface area contributed by atoms with Crippen molar-refractivity contribution in [1.29, 1.82) is 0 Å². The number of amides is 1. The first kappa shape index (κ1) is 17.9. The standard InChI is InChI=1S/C18H19NO4S/c1-13-10-14(23-11-18(21)22-2)8-9-16(13)19-17(20)12-24-15-6-4-3-5-7-15/h3-10H,11-12H2,1-2H3,(H,19,20). The molecular formula is C18H19NO4S. The maximum absolute atomic E-state index is 12.1. The van der Waals surface area contributed by atoms with E-state index < -0.39 is 5.97 Å². The van der Waals surface area contributed by atoms with E-state index >= 15 is 0 Å². The van der Waals surface area contributed by atoms with Crippen LogP contribution in [-0.2, 0) is 14.3 Å². The molecule has 0 aliphatic rings. The summed E-state index contributed by atoms with van der Waals surface area (Å²) >= 11 is 1.48. The third kappa shape index (κ3) is 5.62. The quantitative estimate of drug-likeness (QED) is 0.616. The van der Waals surface area contributed by atoms with Crippen LogP contribution in [-0.4, -0.2) is 31.3 Å². The number of benzene rings is 2. The minimum atomic E-state index is -0.442. The normalized spacial score (nSPS) is 10.1. The van der Waals surface area contributed by atoms with Gasteiger partial charge >= 0.3 is 5.97 Å². The lowest BCUT2D eigenvalue weighted by Crippen LogP contribution is -2.15. The van der Waals surface area contributed by atoms with Gasteiger partial charge in [-0.15, -0.1) is 11.8 Å². The second-order valence-electron chi connectivity index (χ2n) is 4.99.